The van der Waals surface area contributed by atoms with E-state index in [1.54, 1.807) is 48.5 Å². The van der Waals surface area contributed by atoms with Crippen molar-refractivity contribution < 1.29 is 224 Å². The van der Waals surface area contributed by atoms with Crippen molar-refractivity contribution in [1.82, 2.24) is 0 Å². The molecule has 5 saturated heterocycles. The van der Waals surface area contributed by atoms with Gasteiger partial charge in [0.05, 0.1) is 69.2 Å². The lowest BCUT2D eigenvalue weighted by Gasteiger charge is -2.49. The third-order valence-electron chi connectivity index (χ3n) is 31.9. The van der Waals surface area contributed by atoms with Gasteiger partial charge in [0.2, 0.25) is 0 Å². The van der Waals surface area contributed by atoms with Crippen LogP contribution < -0.4 is 0 Å². The summed E-state index contributed by atoms with van der Waals surface area (Å²) in [6.07, 6.45) is -47.4. The van der Waals surface area contributed by atoms with Crippen LogP contribution in [0, 0.1) is 46.3 Å². The van der Waals surface area contributed by atoms with Crippen molar-refractivity contribution in [2.75, 3.05) is 0 Å². The van der Waals surface area contributed by atoms with E-state index >= 15 is 0 Å². The number of halogens is 18. The number of alkyl halides is 18. The summed E-state index contributed by atoms with van der Waals surface area (Å²) in [5.41, 5.74) is -24.7. The lowest BCUT2D eigenvalue weighted by Crippen LogP contribution is -2.66. The van der Waals surface area contributed by atoms with E-state index in [4.69, 9.17) is 71.1 Å². The predicted molar refractivity (Wildman–Crippen MR) is 487 cm³/mol. The fraction of sp³-hybridized carbons (Fsp3) is 0.802. The van der Waals surface area contributed by atoms with Crippen LogP contribution in [0.15, 0.2) is 60.8 Å². The van der Waals surface area contributed by atoms with Crippen LogP contribution >= 0.6 is 0 Å². The number of aliphatic hydroxyl groups is 5. The zero-order valence-electron chi connectivity index (χ0n) is 87.5. The summed E-state index contributed by atoms with van der Waals surface area (Å²) >= 11 is 0. The quantitative estimate of drug-likeness (QED) is 0.0173. The third kappa shape index (κ3) is 25.9. The van der Waals surface area contributed by atoms with Crippen LogP contribution in [0.5, 0.6) is 0 Å². The van der Waals surface area contributed by atoms with Crippen LogP contribution in [0.25, 0.3) is 0 Å². The van der Waals surface area contributed by atoms with Gasteiger partial charge in [0.15, 0.2) is 0 Å². The molecule has 5 aliphatic heterocycles. The molecule has 6 aliphatic carbocycles. The Labute approximate surface area is 852 Å². The number of carbonyl (C=O) groups excluding carboxylic acids is 10. The number of hydrogen-bond acceptors (Lipinski definition) is 30. The SMILES string of the molecule is C=C(C)C(=O)OC1CC(C(C)(C)OC(C)C(O)(C(F)(F)F)C(F)(F)F)C2CC1OC2=O.C=C(C)C(=O)OC1CC(C(CC)(CC)OC(C)C(O)(C(F)(F)F)C(F)(F)F)C2CC1OC2=O.C=C(C)C(=O)OC1CC(C2(OC(C)C(O)(C(F)(F)F)C(F)(F)F)CCCC2)C2CC1OC2=O.C=C(C)C(=O)OC1CCC2(C(C)(C)OC(C)C(C)(C)O)CC1OC2=O.C=C(C)C(=O)OC1CCC2(C(CC)(CC)OC(C)C(C)(C)O)CC1OC2=O. The van der Waals surface area contributed by atoms with Crippen molar-refractivity contribution in [2.45, 2.75) is 465 Å². The van der Waals surface area contributed by atoms with Crippen LogP contribution in [-0.2, 0) is 119 Å². The molecule has 48 heteroatoms. The first kappa shape index (κ1) is 128. The Morgan fingerprint density at radius 3 is 0.993 bits per heavy atom. The van der Waals surface area contributed by atoms with E-state index < -0.39 is 279 Å². The van der Waals surface area contributed by atoms with Gasteiger partial charge in [-0.2, -0.15) is 79.0 Å². The third-order valence-corrected chi connectivity index (χ3v) is 31.9. The number of fused-ring (bicyclic) bond motifs is 10. The highest BCUT2D eigenvalue weighted by Gasteiger charge is 2.79. The molecule has 5 heterocycles. The van der Waals surface area contributed by atoms with Crippen LogP contribution in [0.4, 0.5) is 79.0 Å². The number of carbonyl (C=O) groups is 10. The number of hydrogen-bond donors (Lipinski definition) is 5. The summed E-state index contributed by atoms with van der Waals surface area (Å²) in [6, 6.07) is 0. The van der Waals surface area contributed by atoms with Gasteiger partial charge in [-0.15, -0.1) is 0 Å². The van der Waals surface area contributed by atoms with Crippen molar-refractivity contribution in [3.8, 4) is 0 Å². The minimum Gasteiger partial charge on any atom is -0.458 e. The molecule has 0 amide bonds. The maximum Gasteiger partial charge on any atom is 0.428 e. The fourth-order valence-corrected chi connectivity index (χ4v) is 22.2. The average molecular weight is 2180 g/mol. The lowest BCUT2D eigenvalue weighted by molar-refractivity contribution is -0.402. The second-order valence-corrected chi connectivity index (χ2v) is 43.4. The first-order valence-electron chi connectivity index (χ1n) is 49.3. The molecule has 11 fully saturated rings. The molecule has 23 unspecified atom stereocenters. The average Bonchev–Trinajstić information content (AvgIpc) is 1.57. The molecule has 852 valence electrons. The van der Waals surface area contributed by atoms with Gasteiger partial charge in [0.1, 0.15) is 90.2 Å². The van der Waals surface area contributed by atoms with Crippen molar-refractivity contribution in [3.63, 3.8) is 0 Å². The predicted octanol–water partition coefficient (Wildman–Crippen LogP) is 17.5. The van der Waals surface area contributed by atoms with Crippen LogP contribution in [0.3, 0.4) is 0 Å². The molecule has 11 rings (SSSR count). The fourth-order valence-electron chi connectivity index (χ4n) is 22.2. The monoisotopic (exact) mass is 2180 g/mol. The molecule has 5 N–H and O–H groups in total. The van der Waals surface area contributed by atoms with Gasteiger partial charge < -0.3 is 96.6 Å². The molecule has 0 aromatic heterocycles. The summed E-state index contributed by atoms with van der Waals surface area (Å²) in [6.45, 7) is 49.9. The summed E-state index contributed by atoms with van der Waals surface area (Å²) in [4.78, 5) is 123. The maximum absolute atomic E-state index is 13.4. The lowest BCUT2D eigenvalue weighted by atomic mass is 9.61. The first-order valence-corrected chi connectivity index (χ1v) is 49.3. The molecule has 10 bridgehead atoms. The zero-order chi connectivity index (χ0) is 115. The highest BCUT2D eigenvalue weighted by molar-refractivity contribution is 5.90. The summed E-state index contributed by atoms with van der Waals surface area (Å²) in [7, 11) is 0. The molecule has 6 saturated carbocycles. The molecule has 23 atom stereocenters. The Balaban J connectivity index is 0.000000253. The Kier molecular flexibility index (Phi) is 39.1. The molecule has 0 aromatic carbocycles. The largest absolute Gasteiger partial charge is 0.458 e. The van der Waals surface area contributed by atoms with Gasteiger partial charge in [-0.25, -0.2) is 24.0 Å². The topological polar surface area (TPSA) is 410 Å². The molecule has 0 radical (unpaired) electrons. The summed E-state index contributed by atoms with van der Waals surface area (Å²) < 4.78 is 322. The molecule has 30 nitrogen and oxygen atoms in total. The second kappa shape index (κ2) is 45.7. The van der Waals surface area contributed by atoms with Gasteiger partial charge in [0.25, 0.3) is 16.8 Å². The van der Waals surface area contributed by atoms with Crippen LogP contribution in [0.1, 0.15) is 281 Å². The Hall–Kier alpha value is -8.26. The molecule has 0 aromatic rings. The molecular weight excluding hydrogens is 2040 g/mol. The zero-order valence-corrected chi connectivity index (χ0v) is 87.5. The summed E-state index contributed by atoms with van der Waals surface area (Å²) in [5.74, 6) is -11.2. The van der Waals surface area contributed by atoms with Crippen LogP contribution in [0.2, 0.25) is 0 Å². The Bertz CT molecular complexity index is 4710. The minimum atomic E-state index is -6.07. The Morgan fingerprint density at radius 2 is 0.651 bits per heavy atom. The smallest absolute Gasteiger partial charge is 0.428 e. The highest BCUT2D eigenvalue weighted by Crippen LogP contribution is 2.62. The van der Waals surface area contributed by atoms with E-state index in [2.05, 4.69) is 32.9 Å². The highest BCUT2D eigenvalue weighted by atomic mass is 19.4. The van der Waals surface area contributed by atoms with Crippen LogP contribution in [-0.4, -0.2) is 270 Å². The standard InChI is InChI=1S/C21H26F6O6.C21H28F6O6.C21H34O6.C19H24F6O6.C19H30O6/c1-10(2)16(28)31-15-9-13(12-8-14(15)32-17(12)29)18(6-4-5-7-18)33-11(3)19(30,20(22,23)24)21(25,26)27;1-6-18(7-2,33-11(5)19(30,20(22,23)24)21(25,26)27)13-9-15(31-16(28)10(3)4)14-8-12(13)17(29)32-14;1-8-21(9-2,27-14(5)19(6,7)24)20-11-10-15(25-17(22)13(3)4)16(12-20)26-18(20)23;1-8(2)14(26)29-13-7-11(10-6-12(13)30-15(10)27)16(4,5)31-9(3)17(28,18(20,21)22)19(23,24)25;1-11(2)15(20)23-13-8-9-19(10-14(13)24-16(19)21)18(6,7)25-12(3)17(4,5)22/h11-15,30H,1,4-9H2,2-3H3;11-15,30H,3,6-9H2,1-2,4-5H3;14-16,24H,3,8-12H2,1-2,4-7H3;9-13,28H,1,6-7H2,2-5H3;12-14,22H,1,8-10H2,2-7H3. The maximum atomic E-state index is 13.4. The molecular formula is C101H142F18O30. The van der Waals surface area contributed by atoms with Crippen molar-refractivity contribution in [3.05, 3.63) is 60.8 Å². The minimum absolute atomic E-state index is 0.0384. The van der Waals surface area contributed by atoms with Gasteiger partial charge >= 0.3 is 96.8 Å². The molecule has 0 spiro atoms. The van der Waals surface area contributed by atoms with E-state index in [9.17, 15) is 153 Å². The number of esters is 10. The second-order valence-electron chi connectivity index (χ2n) is 43.4. The number of ether oxygens (including phenoxy) is 15. The van der Waals surface area contributed by atoms with Gasteiger partial charge in [-0.3, -0.25) is 24.0 Å². The van der Waals surface area contributed by atoms with E-state index in [0.29, 0.717) is 96.1 Å². The van der Waals surface area contributed by atoms with Crippen molar-refractivity contribution >= 4 is 59.7 Å². The molecule has 11 aliphatic rings. The normalized spacial score (nSPS) is 29.1. The van der Waals surface area contributed by atoms with Gasteiger partial charge in [0, 0.05) is 77.7 Å². The Morgan fingerprint density at radius 1 is 0.356 bits per heavy atom. The van der Waals surface area contributed by atoms with Gasteiger partial charge in [-0.05, 0) is 208 Å². The summed E-state index contributed by atoms with van der Waals surface area (Å²) in [5, 5.41) is 49.7. The van der Waals surface area contributed by atoms with E-state index in [-0.39, 0.29) is 92.9 Å². The van der Waals surface area contributed by atoms with Crippen molar-refractivity contribution in [2.24, 2.45) is 46.3 Å². The van der Waals surface area contributed by atoms with Crippen molar-refractivity contribution in [1.29, 1.82) is 0 Å². The number of rotatable bonds is 34. The molecule has 149 heavy (non-hydrogen) atoms. The van der Waals surface area contributed by atoms with Gasteiger partial charge in [-0.1, -0.05) is 73.4 Å². The van der Waals surface area contributed by atoms with E-state index in [0.717, 1.165) is 0 Å². The first-order chi connectivity index (χ1) is 67.5. The van der Waals surface area contributed by atoms with E-state index in [1.807, 2.05) is 34.6 Å². The van der Waals surface area contributed by atoms with E-state index in [1.165, 1.54) is 48.5 Å².